The number of carbonyl (C=O) groups is 2. The number of methoxy groups -OCH3 is 4. The number of carbonyl (C=O) groups excluding carboxylic acids is 2. The van der Waals surface area contributed by atoms with Crippen LogP contribution in [0.4, 0.5) is 5.69 Å². The van der Waals surface area contributed by atoms with Crippen LogP contribution in [0.1, 0.15) is 20.7 Å². The molecule has 0 fully saturated rings. The molecule has 0 aliphatic heterocycles. The minimum atomic E-state index is -0.735. The number of esters is 2. The molecule has 10 heteroatoms. The molecule has 28 heavy (non-hydrogen) atoms. The summed E-state index contributed by atoms with van der Waals surface area (Å²) in [6.45, 7) is 0. The predicted octanol–water partition coefficient (Wildman–Crippen LogP) is 2.98. The molecule has 0 aliphatic rings. The van der Waals surface area contributed by atoms with Gasteiger partial charge in [-0.3, -0.25) is 10.1 Å². The average molecular weight is 391 g/mol. The second kappa shape index (κ2) is 8.71. The van der Waals surface area contributed by atoms with Crippen molar-refractivity contribution in [3.05, 3.63) is 51.6 Å². The van der Waals surface area contributed by atoms with E-state index in [0.29, 0.717) is 0 Å². The lowest BCUT2D eigenvalue weighted by Gasteiger charge is -2.15. The molecule has 0 saturated carbocycles. The Bertz CT molecular complexity index is 924. The lowest BCUT2D eigenvalue weighted by molar-refractivity contribution is -0.385. The third-order valence-corrected chi connectivity index (χ3v) is 3.66. The Morgan fingerprint density at radius 1 is 0.821 bits per heavy atom. The third-order valence-electron chi connectivity index (χ3n) is 3.66. The highest BCUT2D eigenvalue weighted by Gasteiger charge is 2.23. The van der Waals surface area contributed by atoms with E-state index in [9.17, 15) is 19.7 Å². The molecule has 0 radical (unpaired) electrons. The molecular formula is C18H17NO9. The normalized spacial score (nSPS) is 10.0. The Hall–Kier alpha value is -3.82. The summed E-state index contributed by atoms with van der Waals surface area (Å²) in [5, 5.41) is 11.4. The van der Waals surface area contributed by atoms with Crippen molar-refractivity contribution in [2.75, 3.05) is 28.4 Å². The van der Waals surface area contributed by atoms with E-state index in [4.69, 9.17) is 14.2 Å². The lowest BCUT2D eigenvalue weighted by atomic mass is 10.1. The first-order valence-electron chi connectivity index (χ1n) is 7.75. The number of ether oxygens (including phenoxy) is 5. The molecule has 2 rings (SSSR count). The molecule has 0 amide bonds. The average Bonchev–Trinajstić information content (AvgIpc) is 2.71. The van der Waals surface area contributed by atoms with Gasteiger partial charge in [-0.15, -0.1) is 0 Å². The van der Waals surface area contributed by atoms with Crippen molar-refractivity contribution < 1.29 is 38.2 Å². The van der Waals surface area contributed by atoms with Gasteiger partial charge in [0.1, 0.15) is 0 Å². The lowest BCUT2D eigenvalue weighted by Crippen LogP contribution is -2.05. The Morgan fingerprint density at radius 2 is 1.43 bits per heavy atom. The monoisotopic (exact) mass is 391 g/mol. The van der Waals surface area contributed by atoms with Gasteiger partial charge in [0.15, 0.2) is 11.5 Å². The van der Waals surface area contributed by atoms with Crippen LogP contribution in [0.3, 0.4) is 0 Å². The Labute approximate surface area is 159 Å². The zero-order valence-electron chi connectivity index (χ0n) is 15.5. The second-order valence-electron chi connectivity index (χ2n) is 5.23. The maximum absolute atomic E-state index is 11.9. The van der Waals surface area contributed by atoms with Crippen LogP contribution in [-0.4, -0.2) is 45.3 Å². The zero-order valence-corrected chi connectivity index (χ0v) is 15.5. The molecule has 0 bridgehead atoms. The fourth-order valence-electron chi connectivity index (χ4n) is 2.35. The van der Waals surface area contributed by atoms with Crippen molar-refractivity contribution >= 4 is 17.6 Å². The minimum absolute atomic E-state index is 0.0174. The van der Waals surface area contributed by atoms with E-state index in [1.165, 1.54) is 45.6 Å². The van der Waals surface area contributed by atoms with Crippen molar-refractivity contribution in [2.45, 2.75) is 0 Å². The Morgan fingerprint density at radius 3 is 1.96 bits per heavy atom. The third kappa shape index (κ3) is 4.11. The van der Waals surface area contributed by atoms with Crippen LogP contribution in [0, 0.1) is 10.1 Å². The van der Waals surface area contributed by atoms with Gasteiger partial charge in [0.25, 0.3) is 0 Å². The molecule has 0 spiro atoms. The summed E-state index contributed by atoms with van der Waals surface area (Å²) in [6.07, 6.45) is 0. The summed E-state index contributed by atoms with van der Waals surface area (Å²) < 4.78 is 25.3. The number of hydrogen-bond donors (Lipinski definition) is 0. The first-order valence-corrected chi connectivity index (χ1v) is 7.75. The van der Waals surface area contributed by atoms with Gasteiger partial charge in [-0.05, 0) is 24.3 Å². The standard InChI is InChI=1S/C18H17NO9/c1-24-14-8-11(18(21)27-4)9-15(16(14)25-2)28-13-6-5-10(17(20)26-3)7-12(13)19(22)23/h5-9H,1-4H3. The quantitative estimate of drug-likeness (QED) is 0.398. The summed E-state index contributed by atoms with van der Waals surface area (Å²) in [7, 11) is 5.07. The number of nitro benzene ring substituents is 1. The van der Waals surface area contributed by atoms with E-state index < -0.39 is 22.5 Å². The fourth-order valence-corrected chi connectivity index (χ4v) is 2.35. The van der Waals surface area contributed by atoms with E-state index >= 15 is 0 Å². The Balaban J connectivity index is 2.59. The smallest absolute Gasteiger partial charge is 0.338 e. The van der Waals surface area contributed by atoms with Crippen LogP contribution in [0.15, 0.2) is 30.3 Å². The van der Waals surface area contributed by atoms with Gasteiger partial charge in [0.2, 0.25) is 11.5 Å². The van der Waals surface area contributed by atoms with Crippen molar-refractivity contribution in [2.24, 2.45) is 0 Å². The molecule has 0 N–H and O–H groups in total. The number of benzene rings is 2. The molecule has 0 unspecified atom stereocenters. The molecule has 0 atom stereocenters. The topological polar surface area (TPSA) is 123 Å². The van der Waals surface area contributed by atoms with E-state index in [-0.39, 0.29) is 34.1 Å². The van der Waals surface area contributed by atoms with Crippen LogP contribution in [0.2, 0.25) is 0 Å². The van der Waals surface area contributed by atoms with Gasteiger partial charge < -0.3 is 23.7 Å². The minimum Gasteiger partial charge on any atom is -0.493 e. The van der Waals surface area contributed by atoms with Crippen molar-refractivity contribution in [3.8, 4) is 23.0 Å². The first kappa shape index (κ1) is 20.5. The molecule has 0 aliphatic carbocycles. The summed E-state index contributed by atoms with van der Waals surface area (Å²) in [4.78, 5) is 34.2. The van der Waals surface area contributed by atoms with Gasteiger partial charge in [-0.2, -0.15) is 0 Å². The van der Waals surface area contributed by atoms with Gasteiger partial charge >= 0.3 is 17.6 Å². The van der Waals surface area contributed by atoms with E-state index in [1.807, 2.05) is 0 Å². The van der Waals surface area contributed by atoms with Crippen LogP contribution in [-0.2, 0) is 9.47 Å². The molecule has 2 aromatic carbocycles. The molecule has 0 heterocycles. The van der Waals surface area contributed by atoms with E-state index in [2.05, 4.69) is 9.47 Å². The molecule has 148 valence electrons. The largest absolute Gasteiger partial charge is 0.493 e. The van der Waals surface area contributed by atoms with Crippen LogP contribution >= 0.6 is 0 Å². The van der Waals surface area contributed by atoms with Gasteiger partial charge in [-0.1, -0.05) is 0 Å². The molecule has 0 aromatic heterocycles. The molecule has 2 aromatic rings. The highest BCUT2D eigenvalue weighted by Crippen LogP contribution is 2.42. The first-order chi connectivity index (χ1) is 13.4. The van der Waals surface area contributed by atoms with Crippen LogP contribution < -0.4 is 14.2 Å². The Kier molecular flexibility index (Phi) is 6.38. The summed E-state index contributed by atoms with van der Waals surface area (Å²) in [5.41, 5.74) is -0.411. The predicted molar refractivity (Wildman–Crippen MR) is 95.4 cm³/mol. The van der Waals surface area contributed by atoms with Crippen molar-refractivity contribution in [3.63, 3.8) is 0 Å². The van der Waals surface area contributed by atoms with Crippen molar-refractivity contribution in [1.82, 2.24) is 0 Å². The van der Waals surface area contributed by atoms with Gasteiger partial charge in [0, 0.05) is 6.07 Å². The summed E-state index contributed by atoms with van der Waals surface area (Å²) in [6, 6.07) is 6.25. The van der Waals surface area contributed by atoms with Gasteiger partial charge in [0.05, 0.1) is 44.5 Å². The van der Waals surface area contributed by atoms with Crippen molar-refractivity contribution in [1.29, 1.82) is 0 Å². The fraction of sp³-hybridized carbons (Fsp3) is 0.222. The molecular weight excluding hydrogens is 374 g/mol. The number of nitro groups is 1. The second-order valence-corrected chi connectivity index (χ2v) is 5.23. The van der Waals surface area contributed by atoms with Crippen LogP contribution in [0.5, 0.6) is 23.0 Å². The SMILES string of the molecule is COC(=O)c1cc(OC)c(OC)c(Oc2ccc(C(=O)OC)cc2[N+](=O)[O-])c1. The number of rotatable bonds is 7. The number of hydrogen-bond acceptors (Lipinski definition) is 9. The van der Waals surface area contributed by atoms with E-state index in [0.717, 1.165) is 13.2 Å². The van der Waals surface area contributed by atoms with Gasteiger partial charge in [-0.25, -0.2) is 9.59 Å². The highest BCUT2D eigenvalue weighted by atomic mass is 16.6. The summed E-state index contributed by atoms with van der Waals surface area (Å²) in [5.74, 6) is -1.32. The number of nitrogens with zero attached hydrogens (tertiary/aromatic N) is 1. The molecule has 0 saturated heterocycles. The maximum atomic E-state index is 11.9. The molecule has 10 nitrogen and oxygen atoms in total. The highest BCUT2D eigenvalue weighted by molar-refractivity contribution is 5.91. The maximum Gasteiger partial charge on any atom is 0.338 e. The van der Waals surface area contributed by atoms with Crippen LogP contribution in [0.25, 0.3) is 0 Å². The van der Waals surface area contributed by atoms with E-state index in [1.54, 1.807) is 0 Å². The zero-order chi connectivity index (χ0) is 20.8. The summed E-state index contributed by atoms with van der Waals surface area (Å²) >= 11 is 0.